The molecule has 2 aromatic carbocycles. The van der Waals surface area contributed by atoms with Crippen LogP contribution in [-0.4, -0.2) is 14.7 Å². The molecule has 0 aliphatic carbocycles. The molecule has 1 aliphatic rings. The molecular weight excluding hydrogens is 419 g/mol. The van der Waals surface area contributed by atoms with Crippen molar-refractivity contribution in [2.45, 2.75) is 25.9 Å². The lowest BCUT2D eigenvalue weighted by Crippen LogP contribution is -2.30. The van der Waals surface area contributed by atoms with E-state index >= 15 is 0 Å². The average Bonchev–Trinajstić information content (AvgIpc) is 3.36. The summed E-state index contributed by atoms with van der Waals surface area (Å²) in [6.07, 6.45) is 1.79. The smallest absolute Gasteiger partial charge is 0.174 e. The first kappa shape index (κ1) is 20.4. The summed E-state index contributed by atoms with van der Waals surface area (Å²) in [5, 5.41) is 4.07. The number of pyridine rings is 1. The molecule has 2 aromatic heterocycles. The van der Waals surface area contributed by atoms with Crippen molar-refractivity contribution >= 4 is 23.0 Å². The molecule has 4 nitrogen and oxygen atoms in total. The second-order valence-electron chi connectivity index (χ2n) is 8.00. The van der Waals surface area contributed by atoms with Crippen LogP contribution in [0, 0.1) is 19.7 Å². The van der Waals surface area contributed by atoms with Gasteiger partial charge in [-0.3, -0.25) is 4.98 Å². The van der Waals surface area contributed by atoms with Crippen LogP contribution in [0.3, 0.4) is 0 Å². The Labute approximate surface area is 192 Å². The Balaban J connectivity index is 1.71. The van der Waals surface area contributed by atoms with Crippen molar-refractivity contribution < 1.29 is 4.39 Å². The first-order valence-electron chi connectivity index (χ1n) is 10.5. The van der Waals surface area contributed by atoms with E-state index in [4.69, 9.17) is 12.2 Å². The van der Waals surface area contributed by atoms with E-state index in [2.05, 4.69) is 51.0 Å². The number of aromatic nitrogens is 2. The minimum Gasteiger partial charge on any atom is -0.351 e. The van der Waals surface area contributed by atoms with Crippen molar-refractivity contribution in [2.75, 3.05) is 4.90 Å². The summed E-state index contributed by atoms with van der Waals surface area (Å²) >= 11 is 5.80. The minimum atomic E-state index is -0.229. The van der Waals surface area contributed by atoms with Crippen molar-refractivity contribution in [3.8, 4) is 5.69 Å². The second kappa shape index (κ2) is 8.20. The van der Waals surface area contributed by atoms with Crippen LogP contribution in [-0.2, 0) is 0 Å². The third-order valence-electron chi connectivity index (χ3n) is 5.94. The summed E-state index contributed by atoms with van der Waals surface area (Å²) in [6, 6.07) is 25.2. The molecule has 4 aromatic rings. The number of rotatable bonds is 4. The van der Waals surface area contributed by atoms with E-state index in [0.717, 1.165) is 28.5 Å². The van der Waals surface area contributed by atoms with Gasteiger partial charge in [0, 0.05) is 29.0 Å². The lowest BCUT2D eigenvalue weighted by molar-refractivity contribution is 0.547. The number of benzene rings is 2. The van der Waals surface area contributed by atoms with Crippen LogP contribution in [0.25, 0.3) is 5.69 Å². The van der Waals surface area contributed by atoms with Gasteiger partial charge in [-0.2, -0.15) is 0 Å². The van der Waals surface area contributed by atoms with Gasteiger partial charge in [-0.05, 0) is 86.2 Å². The Morgan fingerprint density at radius 2 is 1.69 bits per heavy atom. The van der Waals surface area contributed by atoms with E-state index < -0.39 is 0 Å². The van der Waals surface area contributed by atoms with E-state index in [1.807, 2.05) is 42.5 Å². The van der Waals surface area contributed by atoms with Crippen molar-refractivity contribution in [3.63, 3.8) is 0 Å². The third-order valence-corrected chi connectivity index (χ3v) is 6.26. The maximum absolute atomic E-state index is 14.1. The quantitative estimate of drug-likeness (QED) is 0.405. The largest absolute Gasteiger partial charge is 0.351 e. The Bertz CT molecular complexity index is 1270. The topological polar surface area (TPSA) is 33.1 Å². The van der Waals surface area contributed by atoms with Crippen LogP contribution < -0.4 is 10.2 Å². The molecule has 1 saturated heterocycles. The van der Waals surface area contributed by atoms with Gasteiger partial charge in [0.25, 0.3) is 0 Å². The molecule has 0 amide bonds. The fourth-order valence-corrected chi connectivity index (χ4v) is 4.78. The van der Waals surface area contributed by atoms with Gasteiger partial charge in [0.05, 0.1) is 11.7 Å². The van der Waals surface area contributed by atoms with E-state index in [1.165, 1.54) is 6.07 Å². The minimum absolute atomic E-state index is 0.161. The Hall–Kier alpha value is -3.51. The number of thiocarbonyl (C=S) groups is 1. The number of nitrogens with one attached hydrogen (secondary N) is 1. The van der Waals surface area contributed by atoms with E-state index in [9.17, 15) is 4.39 Å². The molecule has 2 atom stereocenters. The molecule has 0 spiro atoms. The fourth-order valence-electron chi connectivity index (χ4n) is 4.43. The molecule has 6 heteroatoms. The first-order chi connectivity index (χ1) is 15.5. The van der Waals surface area contributed by atoms with Crippen LogP contribution in [0.4, 0.5) is 10.1 Å². The molecule has 0 unspecified atom stereocenters. The van der Waals surface area contributed by atoms with Gasteiger partial charge >= 0.3 is 0 Å². The molecule has 1 fully saturated rings. The van der Waals surface area contributed by atoms with Gasteiger partial charge in [0.2, 0.25) is 0 Å². The summed E-state index contributed by atoms with van der Waals surface area (Å²) in [5.41, 5.74) is 5.62. The maximum Gasteiger partial charge on any atom is 0.174 e. The zero-order chi connectivity index (χ0) is 22.2. The summed E-state index contributed by atoms with van der Waals surface area (Å²) in [4.78, 5) is 6.70. The molecule has 1 aliphatic heterocycles. The fraction of sp³-hybridized carbons (Fsp3) is 0.154. The van der Waals surface area contributed by atoms with Crippen LogP contribution >= 0.6 is 12.2 Å². The van der Waals surface area contributed by atoms with Gasteiger partial charge in [0.1, 0.15) is 11.9 Å². The first-order valence-corrected chi connectivity index (χ1v) is 11.0. The molecule has 0 saturated carbocycles. The number of hydrogen-bond acceptors (Lipinski definition) is 2. The maximum atomic E-state index is 14.1. The number of aryl methyl sites for hydroxylation is 2. The van der Waals surface area contributed by atoms with E-state index in [0.29, 0.717) is 10.7 Å². The predicted molar refractivity (Wildman–Crippen MR) is 130 cm³/mol. The Morgan fingerprint density at radius 1 is 0.906 bits per heavy atom. The molecule has 32 heavy (non-hydrogen) atoms. The number of halogens is 1. The molecule has 3 heterocycles. The van der Waals surface area contributed by atoms with Gasteiger partial charge < -0.3 is 14.8 Å². The zero-order valence-electron chi connectivity index (χ0n) is 17.9. The number of nitrogens with zero attached hydrogens (tertiary/aromatic N) is 3. The second-order valence-corrected chi connectivity index (χ2v) is 8.39. The highest BCUT2D eigenvalue weighted by molar-refractivity contribution is 7.80. The SMILES string of the molecule is Cc1cc(N2C(=S)N[C@@H](c3ccccn3)[C@H]2c2ccc(C)n2-c2ccccc2)ccc1F. The van der Waals surface area contributed by atoms with Crippen LogP contribution in [0.15, 0.2) is 85.1 Å². The van der Waals surface area contributed by atoms with Crippen molar-refractivity contribution in [1.29, 1.82) is 0 Å². The van der Waals surface area contributed by atoms with Gasteiger partial charge in [-0.1, -0.05) is 24.3 Å². The predicted octanol–water partition coefficient (Wildman–Crippen LogP) is 5.81. The molecular formula is C26H23FN4S. The summed E-state index contributed by atoms with van der Waals surface area (Å²) in [6.45, 7) is 3.87. The highest BCUT2D eigenvalue weighted by Crippen LogP contribution is 2.43. The Kier molecular flexibility index (Phi) is 5.23. The standard InChI is InChI=1S/C26H23FN4S/c1-17-16-20(12-13-21(17)27)31-25(24(29-26(31)32)22-10-6-7-15-28-22)23-14-11-18(2)30(23)19-8-4-3-5-9-19/h3-16,24-25H,1-2H3,(H,29,32)/t24-,25+/m0/s1. The van der Waals surface area contributed by atoms with Crippen LogP contribution in [0.2, 0.25) is 0 Å². The molecule has 5 rings (SSSR count). The van der Waals surface area contributed by atoms with Crippen molar-refractivity contribution in [3.05, 3.63) is 114 Å². The summed E-state index contributed by atoms with van der Waals surface area (Å²) < 4.78 is 16.3. The van der Waals surface area contributed by atoms with Crippen molar-refractivity contribution in [2.24, 2.45) is 0 Å². The molecule has 0 radical (unpaired) electrons. The molecule has 1 N–H and O–H groups in total. The van der Waals surface area contributed by atoms with E-state index in [1.54, 1.807) is 19.2 Å². The zero-order valence-corrected chi connectivity index (χ0v) is 18.7. The molecule has 160 valence electrons. The highest BCUT2D eigenvalue weighted by Gasteiger charge is 2.42. The van der Waals surface area contributed by atoms with Crippen LogP contribution in [0.1, 0.15) is 34.7 Å². The van der Waals surface area contributed by atoms with E-state index in [-0.39, 0.29) is 17.9 Å². The summed E-state index contributed by atoms with van der Waals surface area (Å²) in [7, 11) is 0. The number of para-hydroxylation sites is 1. The monoisotopic (exact) mass is 442 g/mol. The van der Waals surface area contributed by atoms with Gasteiger partial charge in [-0.25, -0.2) is 4.39 Å². The van der Waals surface area contributed by atoms with Gasteiger partial charge in [0.15, 0.2) is 5.11 Å². The Morgan fingerprint density at radius 3 is 2.41 bits per heavy atom. The number of anilines is 1. The molecule has 0 bridgehead atoms. The third kappa shape index (κ3) is 3.46. The summed E-state index contributed by atoms with van der Waals surface area (Å²) in [5.74, 6) is -0.229. The van der Waals surface area contributed by atoms with Crippen LogP contribution in [0.5, 0.6) is 0 Å². The lowest BCUT2D eigenvalue weighted by Gasteiger charge is -2.29. The van der Waals surface area contributed by atoms with Gasteiger partial charge in [-0.15, -0.1) is 0 Å². The highest BCUT2D eigenvalue weighted by atomic mass is 32.1. The lowest BCUT2D eigenvalue weighted by atomic mass is 10.0. The average molecular weight is 443 g/mol. The van der Waals surface area contributed by atoms with Crippen molar-refractivity contribution in [1.82, 2.24) is 14.9 Å². The number of hydrogen-bond donors (Lipinski definition) is 1. The normalized spacial score (nSPS) is 18.1.